The molecule has 1 rings (SSSR count). The van der Waals surface area contributed by atoms with E-state index in [0.717, 1.165) is 6.04 Å². The van der Waals surface area contributed by atoms with Gasteiger partial charge in [0, 0.05) is 18.3 Å². The molecule has 1 nitrogen and oxygen atoms in total. The second-order valence-corrected chi connectivity index (χ2v) is 6.15. The van der Waals surface area contributed by atoms with Gasteiger partial charge in [0.2, 0.25) is 0 Å². The highest BCUT2D eigenvalue weighted by Gasteiger charge is 2.30. The Balaban J connectivity index is 2.04. The van der Waals surface area contributed by atoms with Crippen molar-refractivity contribution in [3.05, 3.63) is 0 Å². The lowest BCUT2D eigenvalue weighted by molar-refractivity contribution is 0.366. The fraction of sp³-hybridized carbons (Fsp3) is 1.00. The number of hydrogen-bond acceptors (Lipinski definition) is 2. The number of rotatable bonds is 5. The Morgan fingerprint density at radius 2 is 2.23 bits per heavy atom. The molecular weight excluding hydrogens is 178 g/mol. The first kappa shape index (κ1) is 11.4. The smallest absolute Gasteiger partial charge is 0.00726 e. The van der Waals surface area contributed by atoms with E-state index in [0.29, 0.717) is 5.41 Å². The van der Waals surface area contributed by atoms with Gasteiger partial charge >= 0.3 is 0 Å². The Kier molecular flexibility index (Phi) is 4.60. The van der Waals surface area contributed by atoms with Gasteiger partial charge in [-0.1, -0.05) is 20.8 Å². The topological polar surface area (TPSA) is 12.0 Å². The second kappa shape index (κ2) is 5.26. The molecule has 0 amide bonds. The van der Waals surface area contributed by atoms with Crippen molar-refractivity contribution in [2.24, 2.45) is 5.41 Å². The highest BCUT2D eigenvalue weighted by Crippen LogP contribution is 2.36. The first-order chi connectivity index (χ1) is 6.14. The molecule has 1 atom stereocenters. The zero-order chi connectivity index (χ0) is 9.73. The Morgan fingerprint density at radius 1 is 1.46 bits per heavy atom. The van der Waals surface area contributed by atoms with Crippen LogP contribution in [0, 0.1) is 5.41 Å². The van der Waals surface area contributed by atoms with Gasteiger partial charge in [-0.05, 0) is 30.4 Å². The van der Waals surface area contributed by atoms with Crippen molar-refractivity contribution in [3.63, 3.8) is 0 Å². The van der Waals surface area contributed by atoms with E-state index in [-0.39, 0.29) is 0 Å². The number of nitrogens with one attached hydrogen (secondary N) is 1. The molecule has 0 aliphatic heterocycles. The Bertz CT molecular complexity index is 145. The molecule has 1 aliphatic rings. The second-order valence-electron chi connectivity index (χ2n) is 4.75. The summed E-state index contributed by atoms with van der Waals surface area (Å²) in [6.07, 6.45) is 4.14. The molecular formula is C11H23NS. The molecule has 0 spiro atoms. The van der Waals surface area contributed by atoms with Crippen molar-refractivity contribution in [2.75, 3.05) is 18.1 Å². The van der Waals surface area contributed by atoms with Crippen LogP contribution in [-0.4, -0.2) is 24.1 Å². The lowest BCUT2D eigenvalue weighted by atomic mass is 9.92. The molecule has 0 heterocycles. The zero-order valence-electron chi connectivity index (χ0n) is 9.23. The van der Waals surface area contributed by atoms with E-state index in [9.17, 15) is 0 Å². The van der Waals surface area contributed by atoms with E-state index in [1.807, 2.05) is 11.8 Å². The van der Waals surface area contributed by atoms with Crippen LogP contribution in [0.3, 0.4) is 0 Å². The Morgan fingerprint density at radius 3 is 2.77 bits per heavy atom. The normalized spacial score (nSPS) is 26.5. The van der Waals surface area contributed by atoms with Crippen LogP contribution in [-0.2, 0) is 0 Å². The standard InChI is InChI=1S/C11H23NS/c1-4-13-8-7-12-10-5-6-11(2,3)9-10/h10,12H,4-9H2,1-3H3. The summed E-state index contributed by atoms with van der Waals surface area (Å²) in [6, 6.07) is 0.799. The first-order valence-corrected chi connectivity index (χ1v) is 6.60. The van der Waals surface area contributed by atoms with E-state index < -0.39 is 0 Å². The predicted octanol–water partition coefficient (Wildman–Crippen LogP) is 2.91. The molecule has 0 saturated heterocycles. The van der Waals surface area contributed by atoms with E-state index in [4.69, 9.17) is 0 Å². The van der Waals surface area contributed by atoms with Crippen molar-refractivity contribution in [3.8, 4) is 0 Å². The average molecular weight is 201 g/mol. The summed E-state index contributed by atoms with van der Waals surface area (Å²) in [5, 5.41) is 3.65. The van der Waals surface area contributed by atoms with Gasteiger partial charge in [0.15, 0.2) is 0 Å². The molecule has 1 saturated carbocycles. The monoisotopic (exact) mass is 201 g/mol. The van der Waals surface area contributed by atoms with Crippen LogP contribution in [0.2, 0.25) is 0 Å². The average Bonchev–Trinajstić information content (AvgIpc) is 2.40. The third-order valence-electron chi connectivity index (χ3n) is 2.85. The van der Waals surface area contributed by atoms with Crippen molar-refractivity contribution in [2.45, 2.75) is 46.1 Å². The summed E-state index contributed by atoms with van der Waals surface area (Å²) in [7, 11) is 0. The fourth-order valence-electron chi connectivity index (χ4n) is 2.09. The van der Waals surface area contributed by atoms with Crippen molar-refractivity contribution in [1.29, 1.82) is 0 Å². The van der Waals surface area contributed by atoms with Gasteiger partial charge in [-0.15, -0.1) is 0 Å². The lowest BCUT2D eigenvalue weighted by Gasteiger charge is -2.17. The minimum atomic E-state index is 0.593. The quantitative estimate of drug-likeness (QED) is 0.686. The molecule has 1 unspecified atom stereocenters. The molecule has 0 aromatic heterocycles. The molecule has 0 radical (unpaired) electrons. The lowest BCUT2D eigenvalue weighted by Crippen LogP contribution is -2.29. The third kappa shape index (κ3) is 4.37. The van der Waals surface area contributed by atoms with Gasteiger partial charge < -0.3 is 5.32 Å². The summed E-state index contributed by atoms with van der Waals surface area (Å²) < 4.78 is 0. The predicted molar refractivity (Wildman–Crippen MR) is 62.4 cm³/mol. The molecule has 2 heteroatoms. The van der Waals surface area contributed by atoms with Crippen LogP contribution in [0.5, 0.6) is 0 Å². The summed E-state index contributed by atoms with van der Waals surface area (Å²) in [6.45, 7) is 8.19. The van der Waals surface area contributed by atoms with E-state index in [1.54, 1.807) is 0 Å². The molecule has 0 aromatic carbocycles. The molecule has 1 N–H and O–H groups in total. The summed E-state index contributed by atoms with van der Waals surface area (Å²) in [5.41, 5.74) is 0.593. The van der Waals surface area contributed by atoms with E-state index in [2.05, 4.69) is 26.1 Å². The van der Waals surface area contributed by atoms with Gasteiger partial charge in [-0.2, -0.15) is 11.8 Å². The van der Waals surface area contributed by atoms with Crippen LogP contribution >= 0.6 is 11.8 Å². The molecule has 0 bridgehead atoms. The Hall–Kier alpha value is 0.310. The van der Waals surface area contributed by atoms with E-state index in [1.165, 1.54) is 37.3 Å². The zero-order valence-corrected chi connectivity index (χ0v) is 10.0. The minimum Gasteiger partial charge on any atom is -0.313 e. The maximum atomic E-state index is 3.65. The number of thioether (sulfide) groups is 1. The first-order valence-electron chi connectivity index (χ1n) is 5.45. The van der Waals surface area contributed by atoms with Crippen molar-refractivity contribution >= 4 is 11.8 Å². The Labute approximate surface area is 87.1 Å². The molecule has 78 valence electrons. The molecule has 1 fully saturated rings. The van der Waals surface area contributed by atoms with Crippen molar-refractivity contribution < 1.29 is 0 Å². The summed E-state index contributed by atoms with van der Waals surface area (Å²) in [5.74, 6) is 2.52. The highest BCUT2D eigenvalue weighted by atomic mass is 32.2. The van der Waals surface area contributed by atoms with Crippen LogP contribution in [0.25, 0.3) is 0 Å². The molecule has 1 aliphatic carbocycles. The summed E-state index contributed by atoms with van der Waals surface area (Å²) >= 11 is 2.03. The van der Waals surface area contributed by atoms with E-state index >= 15 is 0 Å². The SMILES string of the molecule is CCSCCNC1CCC(C)(C)C1. The highest BCUT2D eigenvalue weighted by molar-refractivity contribution is 7.99. The maximum Gasteiger partial charge on any atom is 0.00726 e. The summed E-state index contributed by atoms with van der Waals surface area (Å²) in [4.78, 5) is 0. The van der Waals surface area contributed by atoms with Crippen LogP contribution in [0.1, 0.15) is 40.0 Å². The largest absolute Gasteiger partial charge is 0.313 e. The van der Waals surface area contributed by atoms with Crippen LogP contribution < -0.4 is 5.32 Å². The van der Waals surface area contributed by atoms with Gasteiger partial charge in [0.05, 0.1) is 0 Å². The fourth-order valence-corrected chi connectivity index (χ4v) is 2.64. The van der Waals surface area contributed by atoms with Gasteiger partial charge in [-0.3, -0.25) is 0 Å². The molecule has 0 aromatic rings. The van der Waals surface area contributed by atoms with Gasteiger partial charge in [-0.25, -0.2) is 0 Å². The van der Waals surface area contributed by atoms with Gasteiger partial charge in [0.25, 0.3) is 0 Å². The third-order valence-corrected chi connectivity index (χ3v) is 3.75. The van der Waals surface area contributed by atoms with Crippen molar-refractivity contribution in [1.82, 2.24) is 5.32 Å². The minimum absolute atomic E-state index is 0.593. The molecule has 13 heavy (non-hydrogen) atoms. The van der Waals surface area contributed by atoms with Crippen LogP contribution in [0.15, 0.2) is 0 Å². The number of hydrogen-bond donors (Lipinski definition) is 1. The van der Waals surface area contributed by atoms with Crippen LogP contribution in [0.4, 0.5) is 0 Å². The van der Waals surface area contributed by atoms with Gasteiger partial charge in [0.1, 0.15) is 0 Å². The maximum absolute atomic E-state index is 3.65.